The summed E-state index contributed by atoms with van der Waals surface area (Å²) in [6, 6.07) is 3.87. The Balaban J connectivity index is 1.96. The van der Waals surface area contributed by atoms with E-state index in [9.17, 15) is 48.7 Å². The van der Waals surface area contributed by atoms with E-state index in [0.29, 0.717) is 23.3 Å². The Bertz CT molecular complexity index is 1410. The predicted molar refractivity (Wildman–Crippen MR) is 141 cm³/mol. The van der Waals surface area contributed by atoms with E-state index in [1.165, 1.54) is 37.1 Å². The third-order valence-corrected chi connectivity index (χ3v) is 8.57. The Labute approximate surface area is 239 Å². The average Bonchev–Trinajstić information content (AvgIpc) is 2.88. The summed E-state index contributed by atoms with van der Waals surface area (Å²) < 4.78 is 118. The molecule has 1 fully saturated rings. The van der Waals surface area contributed by atoms with Crippen LogP contribution in [0.5, 0.6) is 0 Å². The second-order valence-electron chi connectivity index (χ2n) is 10.7. The molecule has 0 radical (unpaired) electrons. The van der Waals surface area contributed by atoms with E-state index in [2.05, 4.69) is 0 Å². The molecule has 2 aromatic carbocycles. The molecule has 14 heteroatoms. The van der Waals surface area contributed by atoms with Crippen LogP contribution in [0, 0.1) is 18.7 Å². The van der Waals surface area contributed by atoms with E-state index in [1.54, 1.807) is 6.92 Å². The van der Waals surface area contributed by atoms with Crippen LogP contribution in [0.15, 0.2) is 36.4 Å². The minimum absolute atomic E-state index is 0.0158. The Morgan fingerprint density at radius 2 is 1.60 bits per heavy atom. The minimum atomic E-state index is -5.06. The predicted octanol–water partition coefficient (Wildman–Crippen LogP) is 5.76. The van der Waals surface area contributed by atoms with Crippen molar-refractivity contribution in [2.75, 3.05) is 32.1 Å². The van der Waals surface area contributed by atoms with Gasteiger partial charge in [0.2, 0.25) is 11.8 Å². The molecule has 0 saturated carbocycles. The van der Waals surface area contributed by atoms with Crippen LogP contribution in [0.2, 0.25) is 0 Å². The van der Waals surface area contributed by atoms with Gasteiger partial charge in [-0.2, -0.15) is 26.3 Å². The zero-order valence-corrected chi connectivity index (χ0v) is 24.1. The fourth-order valence-corrected chi connectivity index (χ4v) is 5.72. The number of halogens is 7. The van der Waals surface area contributed by atoms with Gasteiger partial charge in [-0.05, 0) is 67.3 Å². The van der Waals surface area contributed by atoms with Crippen LogP contribution >= 0.6 is 0 Å². The summed E-state index contributed by atoms with van der Waals surface area (Å²) in [5.74, 6) is -3.50. The van der Waals surface area contributed by atoms with Crippen molar-refractivity contribution in [2.24, 2.45) is 5.92 Å². The summed E-state index contributed by atoms with van der Waals surface area (Å²) in [6.07, 6.45) is -9.31. The number of alkyl halides is 6. The van der Waals surface area contributed by atoms with Crippen LogP contribution in [0.4, 0.5) is 30.7 Å². The van der Waals surface area contributed by atoms with Crippen LogP contribution < -0.4 is 0 Å². The van der Waals surface area contributed by atoms with Gasteiger partial charge in [-0.25, -0.2) is 12.8 Å². The van der Waals surface area contributed by atoms with Crippen LogP contribution in [0.1, 0.15) is 59.5 Å². The molecule has 1 aliphatic heterocycles. The zero-order valence-electron chi connectivity index (χ0n) is 23.3. The molecule has 1 aliphatic rings. The van der Waals surface area contributed by atoms with Gasteiger partial charge in [0, 0.05) is 44.6 Å². The summed E-state index contributed by atoms with van der Waals surface area (Å²) in [4.78, 5) is 29.1. The van der Waals surface area contributed by atoms with Gasteiger partial charge >= 0.3 is 12.4 Å². The maximum Gasteiger partial charge on any atom is 0.416 e. The molecule has 232 valence electrons. The molecule has 3 atom stereocenters. The first kappa shape index (κ1) is 33.3. The second kappa shape index (κ2) is 12.2. The van der Waals surface area contributed by atoms with Gasteiger partial charge in [-0.1, -0.05) is 6.07 Å². The maximum absolute atomic E-state index is 13.9. The quantitative estimate of drug-likeness (QED) is 0.368. The van der Waals surface area contributed by atoms with Crippen LogP contribution in [0.3, 0.4) is 0 Å². The number of amides is 2. The van der Waals surface area contributed by atoms with Crippen molar-refractivity contribution in [1.82, 2.24) is 9.80 Å². The lowest BCUT2D eigenvalue weighted by Crippen LogP contribution is -2.48. The molecule has 0 N–H and O–H groups in total. The highest BCUT2D eigenvalue weighted by Crippen LogP contribution is 2.40. The number of nitrogens with zero attached hydrogens (tertiary/aromatic N) is 2. The number of sulfone groups is 1. The van der Waals surface area contributed by atoms with Crippen molar-refractivity contribution in [3.05, 3.63) is 70.0 Å². The summed E-state index contributed by atoms with van der Waals surface area (Å²) in [5.41, 5.74) is -2.35. The molecule has 0 aliphatic carbocycles. The second-order valence-corrected chi connectivity index (χ2v) is 12.9. The normalized spacial score (nSPS) is 19.0. The number of rotatable bonds is 7. The number of likely N-dealkylation sites (tertiary alicyclic amines) is 1. The van der Waals surface area contributed by atoms with Gasteiger partial charge in [0.05, 0.1) is 22.9 Å². The third kappa shape index (κ3) is 8.01. The fraction of sp³-hybridized carbons (Fsp3) is 0.500. The Hall–Kier alpha value is -3.16. The van der Waals surface area contributed by atoms with Crippen molar-refractivity contribution in [1.29, 1.82) is 0 Å². The van der Waals surface area contributed by atoms with Crippen molar-refractivity contribution in [2.45, 2.75) is 51.0 Å². The molecular weight excluding hydrogens is 593 g/mol. The van der Waals surface area contributed by atoms with Gasteiger partial charge in [-0.15, -0.1) is 0 Å². The highest BCUT2D eigenvalue weighted by Gasteiger charge is 2.41. The van der Waals surface area contributed by atoms with Crippen molar-refractivity contribution in [3.8, 4) is 0 Å². The molecule has 42 heavy (non-hydrogen) atoms. The first-order chi connectivity index (χ1) is 19.2. The van der Waals surface area contributed by atoms with Gasteiger partial charge in [0.1, 0.15) is 15.7 Å². The average molecular weight is 625 g/mol. The lowest BCUT2D eigenvalue weighted by molar-refractivity contribution is -0.143. The molecule has 1 heterocycles. The van der Waals surface area contributed by atoms with Crippen molar-refractivity contribution >= 4 is 21.7 Å². The summed E-state index contributed by atoms with van der Waals surface area (Å²) in [7, 11) is -2.15. The van der Waals surface area contributed by atoms with Crippen molar-refractivity contribution in [3.63, 3.8) is 0 Å². The molecule has 6 nitrogen and oxygen atoms in total. The SMILES string of the molecule is Cc1cc(F)ccc1[C@H]1CN(C(=O)CCS(C)(=O)=O)CC[C@@H]1C(=O)N(C)[C@H](C)c1cc(C(F)(F)F)cc(C(F)(F)F)c1. The highest BCUT2D eigenvalue weighted by molar-refractivity contribution is 7.90. The number of benzene rings is 2. The van der Waals surface area contributed by atoms with E-state index in [4.69, 9.17) is 0 Å². The number of carbonyl (C=O) groups excluding carboxylic acids is 2. The van der Waals surface area contributed by atoms with E-state index in [0.717, 1.165) is 11.2 Å². The van der Waals surface area contributed by atoms with Crippen molar-refractivity contribution < 1.29 is 48.7 Å². The third-order valence-electron chi connectivity index (χ3n) is 7.62. The number of aryl methyl sites for hydroxylation is 1. The summed E-state index contributed by atoms with van der Waals surface area (Å²) >= 11 is 0. The van der Waals surface area contributed by atoms with Crippen LogP contribution in [0.25, 0.3) is 0 Å². The fourth-order valence-electron chi connectivity index (χ4n) is 5.17. The molecule has 3 rings (SSSR count). The molecule has 2 amide bonds. The summed E-state index contributed by atoms with van der Waals surface area (Å²) in [6.45, 7) is 2.97. The topological polar surface area (TPSA) is 74.8 Å². The van der Waals surface area contributed by atoms with Gasteiger partial charge < -0.3 is 9.80 Å². The van der Waals surface area contributed by atoms with E-state index >= 15 is 0 Å². The standard InChI is InChI=1S/C28H31F7N2O4S/c1-16-11-21(29)5-6-22(16)24-15-37(25(38)8-10-42(4,40)41)9-7-23(24)26(39)36(3)17(2)18-12-19(27(30,31)32)14-20(13-18)28(33,34)35/h5-6,11-14,17,23-24H,7-10,15H2,1-4H3/t17-,23+,24-/m1/s1. The van der Waals surface area contributed by atoms with Crippen LogP contribution in [-0.2, 0) is 31.8 Å². The summed E-state index contributed by atoms with van der Waals surface area (Å²) in [5, 5.41) is 0. The van der Waals surface area contributed by atoms with Gasteiger partial charge in [0.25, 0.3) is 0 Å². The van der Waals surface area contributed by atoms with E-state index < -0.39 is 68.8 Å². The molecule has 2 aromatic rings. The van der Waals surface area contributed by atoms with Gasteiger partial charge in [-0.3, -0.25) is 9.59 Å². The lowest BCUT2D eigenvalue weighted by atomic mass is 9.78. The Morgan fingerprint density at radius 1 is 1.02 bits per heavy atom. The first-order valence-corrected chi connectivity index (χ1v) is 15.0. The minimum Gasteiger partial charge on any atom is -0.342 e. The molecule has 0 aromatic heterocycles. The molecule has 1 saturated heterocycles. The smallest absolute Gasteiger partial charge is 0.342 e. The lowest BCUT2D eigenvalue weighted by Gasteiger charge is -2.41. The number of carbonyl (C=O) groups is 2. The number of hydrogen-bond donors (Lipinski definition) is 0. The largest absolute Gasteiger partial charge is 0.416 e. The highest BCUT2D eigenvalue weighted by atomic mass is 32.2. The van der Waals surface area contributed by atoms with E-state index in [1.807, 2.05) is 0 Å². The molecule has 0 unspecified atom stereocenters. The van der Waals surface area contributed by atoms with E-state index in [-0.39, 0.29) is 43.3 Å². The monoisotopic (exact) mass is 624 g/mol. The molecule has 0 bridgehead atoms. The Kier molecular flexibility index (Phi) is 9.70. The Morgan fingerprint density at radius 3 is 2.10 bits per heavy atom. The number of piperidine rings is 1. The molecular formula is C28H31F7N2O4S. The van der Waals surface area contributed by atoms with Gasteiger partial charge in [0.15, 0.2) is 0 Å². The number of hydrogen-bond acceptors (Lipinski definition) is 4. The van der Waals surface area contributed by atoms with Crippen LogP contribution in [-0.4, -0.2) is 62.2 Å². The first-order valence-electron chi connectivity index (χ1n) is 13.0. The molecule has 0 spiro atoms. The maximum atomic E-state index is 13.9. The zero-order chi connectivity index (χ0) is 31.8.